The van der Waals surface area contributed by atoms with Crippen LogP contribution in [0, 0.1) is 13.8 Å². The molecule has 2 aromatic carbocycles. The maximum Gasteiger partial charge on any atom is 0.252 e. The number of hydrogen-bond donors (Lipinski definition) is 0. The van der Waals surface area contributed by atoms with E-state index < -0.39 is 0 Å². The summed E-state index contributed by atoms with van der Waals surface area (Å²) in [6, 6.07) is 11.7. The molecule has 29 heavy (non-hydrogen) atoms. The molecule has 1 heterocycles. The number of hydrogen-bond acceptors (Lipinski definition) is 5. The third-order valence-electron chi connectivity index (χ3n) is 4.68. The number of carbonyl (C=O) groups is 1. The summed E-state index contributed by atoms with van der Waals surface area (Å²) in [5.41, 5.74) is 3.94. The molecule has 3 rings (SSSR count). The summed E-state index contributed by atoms with van der Waals surface area (Å²) in [5.74, 6) is 2.27. The highest BCUT2D eigenvalue weighted by Gasteiger charge is 2.22. The predicted octanol–water partition coefficient (Wildman–Crippen LogP) is 4.99. The fraction of sp³-hybridized carbons (Fsp3) is 0.304. The molecule has 1 saturated heterocycles. The van der Waals surface area contributed by atoms with Crippen LogP contribution in [0.3, 0.4) is 0 Å². The van der Waals surface area contributed by atoms with Crippen LogP contribution in [-0.4, -0.2) is 42.5 Å². The van der Waals surface area contributed by atoms with Crippen molar-refractivity contribution in [1.82, 2.24) is 4.90 Å². The monoisotopic (exact) mass is 410 g/mol. The molecule has 1 fully saturated rings. The van der Waals surface area contributed by atoms with Gasteiger partial charge in [-0.2, -0.15) is 0 Å². The van der Waals surface area contributed by atoms with E-state index in [-0.39, 0.29) is 5.91 Å². The number of nitrogens with zero attached hydrogens (tertiary/aromatic N) is 2. The van der Waals surface area contributed by atoms with Crippen molar-refractivity contribution in [3.05, 3.63) is 59.2 Å². The van der Waals surface area contributed by atoms with E-state index in [1.54, 1.807) is 43.0 Å². The first-order valence-electron chi connectivity index (χ1n) is 9.52. The van der Waals surface area contributed by atoms with Crippen molar-refractivity contribution >= 4 is 34.6 Å². The molecule has 1 aliphatic rings. The van der Waals surface area contributed by atoms with Crippen molar-refractivity contribution in [3.8, 4) is 11.5 Å². The molecule has 2 aromatic rings. The van der Waals surface area contributed by atoms with Gasteiger partial charge in [0.05, 0.1) is 19.9 Å². The van der Waals surface area contributed by atoms with Crippen LogP contribution >= 0.6 is 11.8 Å². The summed E-state index contributed by atoms with van der Waals surface area (Å²) in [4.78, 5) is 19.5. The van der Waals surface area contributed by atoms with E-state index in [0.717, 1.165) is 39.7 Å². The van der Waals surface area contributed by atoms with E-state index >= 15 is 0 Å². The second kappa shape index (κ2) is 9.65. The number of benzene rings is 2. The minimum atomic E-state index is -0.0915. The Labute approximate surface area is 176 Å². The van der Waals surface area contributed by atoms with Gasteiger partial charge in [0.25, 0.3) is 5.91 Å². The van der Waals surface area contributed by atoms with Crippen LogP contribution in [0.25, 0.3) is 6.08 Å². The van der Waals surface area contributed by atoms with Gasteiger partial charge in [-0.15, -0.1) is 0 Å². The largest absolute Gasteiger partial charge is 0.497 e. The lowest BCUT2D eigenvalue weighted by Crippen LogP contribution is -2.38. The van der Waals surface area contributed by atoms with Crippen molar-refractivity contribution in [3.63, 3.8) is 0 Å². The standard InChI is InChI=1S/C23H26N2O3S/c1-16-6-7-17(2)20(14-16)24-23-25(12-5-13-29-23)22(26)11-8-18-15-19(27-3)9-10-21(18)28-4/h6-11,14-15H,5,12-13H2,1-4H3/b11-8+,24-23?. The molecule has 0 bridgehead atoms. The van der Waals surface area contributed by atoms with Crippen LogP contribution in [0.15, 0.2) is 47.5 Å². The molecular formula is C23H26N2O3S. The van der Waals surface area contributed by atoms with Gasteiger partial charge in [-0.05, 0) is 61.7 Å². The molecule has 0 aromatic heterocycles. The molecule has 0 saturated carbocycles. The van der Waals surface area contributed by atoms with Crippen molar-refractivity contribution < 1.29 is 14.3 Å². The maximum atomic E-state index is 13.0. The number of rotatable bonds is 5. The van der Waals surface area contributed by atoms with Crippen LogP contribution in [-0.2, 0) is 4.79 Å². The first-order valence-corrected chi connectivity index (χ1v) is 10.5. The fourth-order valence-corrected chi connectivity index (χ4v) is 3.98. The third kappa shape index (κ3) is 5.21. The van der Waals surface area contributed by atoms with E-state index in [1.165, 1.54) is 0 Å². The Hall–Kier alpha value is -2.73. The number of methoxy groups -OCH3 is 2. The summed E-state index contributed by atoms with van der Waals surface area (Å²) >= 11 is 1.62. The highest BCUT2D eigenvalue weighted by molar-refractivity contribution is 8.13. The van der Waals surface area contributed by atoms with Crippen LogP contribution in [0.2, 0.25) is 0 Å². The molecule has 5 nitrogen and oxygen atoms in total. The summed E-state index contributed by atoms with van der Waals surface area (Å²) in [6.07, 6.45) is 4.28. The minimum absolute atomic E-state index is 0.0915. The Morgan fingerprint density at radius 1 is 1.14 bits per heavy atom. The van der Waals surface area contributed by atoms with Crippen molar-refractivity contribution in [1.29, 1.82) is 0 Å². The minimum Gasteiger partial charge on any atom is -0.497 e. The van der Waals surface area contributed by atoms with Crippen LogP contribution < -0.4 is 9.47 Å². The normalized spacial score (nSPS) is 15.7. The molecule has 0 unspecified atom stereocenters. The van der Waals surface area contributed by atoms with Gasteiger partial charge in [0.1, 0.15) is 11.5 Å². The lowest BCUT2D eigenvalue weighted by atomic mass is 10.1. The molecule has 0 N–H and O–H groups in total. The molecular weight excluding hydrogens is 384 g/mol. The number of amidine groups is 1. The molecule has 1 amide bonds. The molecule has 1 aliphatic heterocycles. The van der Waals surface area contributed by atoms with Crippen LogP contribution in [0.5, 0.6) is 11.5 Å². The number of amides is 1. The third-order valence-corrected chi connectivity index (χ3v) is 5.74. The van der Waals surface area contributed by atoms with Gasteiger partial charge in [-0.25, -0.2) is 4.99 Å². The van der Waals surface area contributed by atoms with Gasteiger partial charge in [-0.1, -0.05) is 23.9 Å². The Kier molecular flexibility index (Phi) is 6.99. The first kappa shape index (κ1) is 21.0. The second-order valence-corrected chi connectivity index (χ2v) is 7.88. The number of aliphatic imine (C=N–C) groups is 1. The fourth-order valence-electron chi connectivity index (χ4n) is 3.02. The summed E-state index contributed by atoms with van der Waals surface area (Å²) < 4.78 is 10.7. The maximum absolute atomic E-state index is 13.0. The molecule has 0 aliphatic carbocycles. The van der Waals surface area contributed by atoms with E-state index in [4.69, 9.17) is 14.5 Å². The highest BCUT2D eigenvalue weighted by Crippen LogP contribution is 2.27. The molecule has 152 valence electrons. The quantitative estimate of drug-likeness (QED) is 0.652. The Morgan fingerprint density at radius 2 is 1.97 bits per heavy atom. The van der Waals surface area contributed by atoms with Gasteiger partial charge in [0.15, 0.2) is 5.17 Å². The average Bonchev–Trinajstić information content (AvgIpc) is 2.74. The van der Waals surface area contributed by atoms with Crippen molar-refractivity contribution in [2.24, 2.45) is 4.99 Å². The molecule has 6 heteroatoms. The van der Waals surface area contributed by atoms with Crippen LogP contribution in [0.1, 0.15) is 23.1 Å². The first-order chi connectivity index (χ1) is 14.0. The zero-order valence-corrected chi connectivity index (χ0v) is 18.1. The van der Waals surface area contributed by atoms with Crippen molar-refractivity contribution in [2.75, 3.05) is 26.5 Å². The molecule has 0 atom stereocenters. The zero-order chi connectivity index (χ0) is 20.8. The Balaban J connectivity index is 1.86. The van der Waals surface area contributed by atoms with E-state index in [9.17, 15) is 4.79 Å². The zero-order valence-electron chi connectivity index (χ0n) is 17.3. The highest BCUT2D eigenvalue weighted by atomic mass is 32.2. The summed E-state index contributed by atoms with van der Waals surface area (Å²) in [7, 11) is 3.22. The summed E-state index contributed by atoms with van der Waals surface area (Å²) in [5, 5.41) is 0.747. The number of aryl methyl sites for hydroxylation is 2. The van der Waals surface area contributed by atoms with Gasteiger partial charge in [0.2, 0.25) is 0 Å². The number of ether oxygens (including phenoxy) is 2. The van der Waals surface area contributed by atoms with E-state index in [1.807, 2.05) is 32.0 Å². The second-order valence-electron chi connectivity index (χ2n) is 6.82. The van der Waals surface area contributed by atoms with Gasteiger partial charge >= 0.3 is 0 Å². The number of carbonyl (C=O) groups excluding carboxylic acids is 1. The van der Waals surface area contributed by atoms with Gasteiger partial charge < -0.3 is 9.47 Å². The smallest absolute Gasteiger partial charge is 0.252 e. The molecule has 0 spiro atoms. The SMILES string of the molecule is COc1ccc(OC)c(/C=C/C(=O)N2CCCSC2=Nc2cc(C)ccc2C)c1. The number of thioether (sulfide) groups is 1. The lowest BCUT2D eigenvalue weighted by Gasteiger charge is -2.27. The van der Waals surface area contributed by atoms with Gasteiger partial charge in [0, 0.05) is 23.9 Å². The average molecular weight is 411 g/mol. The van der Waals surface area contributed by atoms with Crippen molar-refractivity contribution in [2.45, 2.75) is 20.3 Å². The lowest BCUT2D eigenvalue weighted by molar-refractivity contribution is -0.122. The van der Waals surface area contributed by atoms with E-state index in [0.29, 0.717) is 18.0 Å². The predicted molar refractivity (Wildman–Crippen MR) is 120 cm³/mol. The Bertz CT molecular complexity index is 953. The molecule has 0 radical (unpaired) electrons. The van der Waals surface area contributed by atoms with Gasteiger partial charge in [-0.3, -0.25) is 9.69 Å². The van der Waals surface area contributed by atoms with Crippen LogP contribution in [0.4, 0.5) is 5.69 Å². The topological polar surface area (TPSA) is 51.1 Å². The summed E-state index contributed by atoms with van der Waals surface area (Å²) in [6.45, 7) is 4.74. The Morgan fingerprint density at radius 3 is 2.72 bits per heavy atom. The van der Waals surface area contributed by atoms with E-state index in [2.05, 4.69) is 18.2 Å².